The summed E-state index contributed by atoms with van der Waals surface area (Å²) in [5.41, 5.74) is 2.72. The van der Waals surface area contributed by atoms with E-state index in [0.29, 0.717) is 11.8 Å². The third kappa shape index (κ3) is 2.35. The Hall–Kier alpha value is -1.08. The van der Waals surface area contributed by atoms with E-state index in [-0.39, 0.29) is 6.10 Å². The van der Waals surface area contributed by atoms with Gasteiger partial charge in [-0.05, 0) is 31.2 Å². The van der Waals surface area contributed by atoms with Crippen LogP contribution in [0.4, 0.5) is 0 Å². The highest BCUT2D eigenvalue weighted by atomic mass is 16.3. The maximum absolute atomic E-state index is 10.1. The maximum Gasteiger partial charge on any atom is 0.0577 e. The number of aliphatic hydroxyl groups excluding tert-OH is 1. The van der Waals surface area contributed by atoms with Gasteiger partial charge in [0.15, 0.2) is 0 Å². The Bertz CT molecular complexity index is 366. The first-order chi connectivity index (χ1) is 7.68. The van der Waals surface area contributed by atoms with Gasteiger partial charge in [-0.3, -0.25) is 0 Å². The number of benzene rings is 1. The van der Waals surface area contributed by atoms with Crippen LogP contribution < -0.4 is 0 Å². The number of aliphatic hydroxyl groups is 1. The van der Waals surface area contributed by atoms with Crippen LogP contribution in [0.25, 0.3) is 0 Å². The second kappa shape index (κ2) is 4.84. The molecule has 0 saturated carbocycles. The fraction of sp³-hybridized carbons (Fsp3) is 0.467. The van der Waals surface area contributed by atoms with Gasteiger partial charge >= 0.3 is 0 Å². The summed E-state index contributed by atoms with van der Waals surface area (Å²) in [7, 11) is 0. The molecule has 0 unspecified atom stereocenters. The highest BCUT2D eigenvalue weighted by Gasteiger charge is 2.26. The summed E-state index contributed by atoms with van der Waals surface area (Å²) in [5.74, 6) is 0.665. The van der Waals surface area contributed by atoms with Crippen LogP contribution in [-0.4, -0.2) is 11.2 Å². The van der Waals surface area contributed by atoms with Gasteiger partial charge in [0.05, 0.1) is 6.10 Å². The molecule has 0 bridgehead atoms. The Labute approximate surface area is 97.8 Å². The van der Waals surface area contributed by atoms with Crippen LogP contribution in [0.2, 0.25) is 0 Å². The first-order valence-corrected chi connectivity index (χ1v) is 6.09. The summed E-state index contributed by atoms with van der Waals surface area (Å²) in [6.07, 6.45) is 4.07. The summed E-state index contributed by atoms with van der Waals surface area (Å²) >= 11 is 0. The Kier molecular flexibility index (Phi) is 3.45. The molecular formula is C15H20O. The maximum atomic E-state index is 10.1. The zero-order chi connectivity index (χ0) is 11.5. The molecule has 1 nitrogen and oxygen atoms in total. The van der Waals surface area contributed by atoms with Crippen molar-refractivity contribution in [2.24, 2.45) is 5.92 Å². The van der Waals surface area contributed by atoms with Gasteiger partial charge in [0.1, 0.15) is 0 Å². The summed E-state index contributed by atoms with van der Waals surface area (Å²) < 4.78 is 0. The number of allylic oxidation sites excluding steroid dienone is 2. The smallest absolute Gasteiger partial charge is 0.0577 e. The lowest BCUT2D eigenvalue weighted by Gasteiger charge is -2.24. The van der Waals surface area contributed by atoms with Crippen LogP contribution in [-0.2, 0) is 0 Å². The molecule has 0 fully saturated rings. The predicted octanol–water partition coefficient (Wildman–Crippen LogP) is 3.51. The number of hydrogen-bond donors (Lipinski definition) is 1. The Morgan fingerprint density at radius 1 is 1.19 bits per heavy atom. The molecule has 1 heteroatoms. The van der Waals surface area contributed by atoms with Crippen LogP contribution in [0.15, 0.2) is 42.0 Å². The van der Waals surface area contributed by atoms with E-state index in [0.717, 1.165) is 12.8 Å². The highest BCUT2D eigenvalue weighted by molar-refractivity contribution is 5.27. The molecular weight excluding hydrogens is 196 g/mol. The normalized spacial score (nSPS) is 30.7. The van der Waals surface area contributed by atoms with Crippen LogP contribution in [0.1, 0.15) is 38.2 Å². The summed E-state index contributed by atoms with van der Waals surface area (Å²) in [6.45, 7) is 4.32. The van der Waals surface area contributed by atoms with Gasteiger partial charge in [0.25, 0.3) is 0 Å². The molecule has 0 radical (unpaired) electrons. The molecule has 0 saturated heterocycles. The van der Waals surface area contributed by atoms with E-state index in [2.05, 4.69) is 44.2 Å². The van der Waals surface area contributed by atoms with E-state index < -0.39 is 0 Å². The van der Waals surface area contributed by atoms with Crippen LogP contribution >= 0.6 is 0 Å². The first-order valence-electron chi connectivity index (χ1n) is 6.09. The lowest BCUT2D eigenvalue weighted by molar-refractivity contribution is 0.104. The van der Waals surface area contributed by atoms with Crippen LogP contribution in [0.3, 0.4) is 0 Å². The zero-order valence-corrected chi connectivity index (χ0v) is 10.1. The van der Waals surface area contributed by atoms with Crippen molar-refractivity contribution >= 4 is 0 Å². The van der Waals surface area contributed by atoms with Gasteiger partial charge in [-0.15, -0.1) is 0 Å². The first kappa shape index (κ1) is 11.4. The SMILES string of the molecule is CC1=C[C@H](c2ccccc2)[C@H](C)[C@H](O)CC1. The fourth-order valence-electron chi connectivity index (χ4n) is 2.49. The number of hydrogen-bond acceptors (Lipinski definition) is 1. The monoisotopic (exact) mass is 216 g/mol. The van der Waals surface area contributed by atoms with Crippen molar-refractivity contribution in [2.45, 2.75) is 38.7 Å². The third-order valence-electron chi connectivity index (χ3n) is 3.66. The average molecular weight is 216 g/mol. The van der Waals surface area contributed by atoms with E-state index in [1.54, 1.807) is 0 Å². The molecule has 0 heterocycles. The molecule has 2 rings (SSSR count). The summed E-state index contributed by atoms with van der Waals surface area (Å²) in [4.78, 5) is 0. The molecule has 0 spiro atoms. The highest BCUT2D eigenvalue weighted by Crippen LogP contribution is 2.34. The summed E-state index contributed by atoms with van der Waals surface area (Å²) in [6, 6.07) is 10.5. The van der Waals surface area contributed by atoms with E-state index in [1.165, 1.54) is 11.1 Å². The van der Waals surface area contributed by atoms with Gasteiger partial charge in [0.2, 0.25) is 0 Å². The van der Waals surface area contributed by atoms with Crippen molar-refractivity contribution in [3.63, 3.8) is 0 Å². The predicted molar refractivity (Wildman–Crippen MR) is 67.3 cm³/mol. The molecule has 0 amide bonds. The van der Waals surface area contributed by atoms with Gasteiger partial charge in [-0.1, -0.05) is 48.9 Å². The van der Waals surface area contributed by atoms with Crippen LogP contribution in [0.5, 0.6) is 0 Å². The van der Waals surface area contributed by atoms with Crippen molar-refractivity contribution in [2.75, 3.05) is 0 Å². The fourth-order valence-corrected chi connectivity index (χ4v) is 2.49. The Morgan fingerprint density at radius 3 is 2.56 bits per heavy atom. The average Bonchev–Trinajstić information content (AvgIpc) is 2.44. The van der Waals surface area contributed by atoms with Crippen LogP contribution in [0, 0.1) is 5.92 Å². The minimum absolute atomic E-state index is 0.182. The largest absolute Gasteiger partial charge is 0.393 e. The molecule has 1 aliphatic rings. The van der Waals surface area contributed by atoms with Gasteiger partial charge in [-0.2, -0.15) is 0 Å². The van der Waals surface area contributed by atoms with Crippen molar-refractivity contribution in [1.82, 2.24) is 0 Å². The Balaban J connectivity index is 2.32. The van der Waals surface area contributed by atoms with Crippen molar-refractivity contribution in [3.8, 4) is 0 Å². The van der Waals surface area contributed by atoms with Gasteiger partial charge in [-0.25, -0.2) is 0 Å². The van der Waals surface area contributed by atoms with Crippen molar-refractivity contribution in [3.05, 3.63) is 47.5 Å². The standard InChI is InChI=1S/C15H20O/c1-11-8-9-15(16)12(2)14(10-11)13-6-4-3-5-7-13/h3-7,10,12,14-16H,8-9H2,1-2H3/t12-,14-,15+/m0/s1. The quantitative estimate of drug-likeness (QED) is 0.712. The van der Waals surface area contributed by atoms with E-state index in [9.17, 15) is 5.11 Å². The zero-order valence-electron chi connectivity index (χ0n) is 10.1. The minimum atomic E-state index is -0.182. The molecule has 1 N–H and O–H groups in total. The van der Waals surface area contributed by atoms with Crippen molar-refractivity contribution < 1.29 is 5.11 Å². The molecule has 1 aromatic carbocycles. The topological polar surface area (TPSA) is 20.2 Å². The molecule has 3 atom stereocenters. The molecule has 1 aromatic rings. The third-order valence-corrected chi connectivity index (χ3v) is 3.66. The second-order valence-electron chi connectivity index (χ2n) is 4.91. The van der Waals surface area contributed by atoms with Crippen molar-refractivity contribution in [1.29, 1.82) is 0 Å². The molecule has 0 aromatic heterocycles. The summed E-state index contributed by atoms with van der Waals surface area (Å²) in [5, 5.41) is 10.1. The van der Waals surface area contributed by atoms with E-state index >= 15 is 0 Å². The van der Waals surface area contributed by atoms with Gasteiger partial charge < -0.3 is 5.11 Å². The molecule has 16 heavy (non-hydrogen) atoms. The second-order valence-corrected chi connectivity index (χ2v) is 4.91. The van der Waals surface area contributed by atoms with Gasteiger partial charge in [0, 0.05) is 5.92 Å². The van der Waals surface area contributed by atoms with E-state index in [4.69, 9.17) is 0 Å². The van der Waals surface area contributed by atoms with E-state index in [1.807, 2.05) is 6.07 Å². The molecule has 0 aliphatic heterocycles. The lowest BCUT2D eigenvalue weighted by Crippen LogP contribution is -2.21. The Morgan fingerprint density at radius 2 is 1.88 bits per heavy atom. The number of rotatable bonds is 1. The minimum Gasteiger partial charge on any atom is -0.393 e. The molecule has 86 valence electrons. The lowest BCUT2D eigenvalue weighted by atomic mass is 9.84. The molecule has 1 aliphatic carbocycles.